The van der Waals surface area contributed by atoms with Crippen LogP contribution < -0.4 is 0 Å². The Balaban J connectivity index is 1.58. The molecule has 0 bridgehead atoms. The van der Waals surface area contributed by atoms with Gasteiger partial charge in [0.25, 0.3) is 0 Å². The number of hydrogen-bond acceptors (Lipinski definition) is 6. The normalized spacial score (nSPS) is 13.2. The van der Waals surface area contributed by atoms with Crippen LogP contribution in [0.5, 0.6) is 0 Å². The topological polar surface area (TPSA) is 119 Å². The maximum Gasteiger partial charge on any atom is 0.246 e. The van der Waals surface area contributed by atoms with Crippen LogP contribution in [-0.2, 0) is 0 Å². The number of carbonyl (C=O) groups excluding carboxylic acids is 1. The van der Waals surface area contributed by atoms with E-state index in [2.05, 4.69) is 6.07 Å². The van der Waals surface area contributed by atoms with E-state index in [4.69, 9.17) is 14.7 Å². The number of ketones is 1. The highest BCUT2D eigenvalue weighted by Gasteiger charge is 2.33. The predicted octanol–water partition coefficient (Wildman–Crippen LogP) is 6.24. The summed E-state index contributed by atoms with van der Waals surface area (Å²) in [5.41, 5.74) is 4.53. The Labute approximate surface area is 217 Å². The van der Waals surface area contributed by atoms with Gasteiger partial charge in [0.05, 0.1) is 11.6 Å². The van der Waals surface area contributed by atoms with Gasteiger partial charge in [0, 0.05) is 34.0 Å². The van der Waals surface area contributed by atoms with Crippen molar-refractivity contribution < 1.29 is 9.21 Å². The molecule has 7 nitrogen and oxygen atoms in total. The number of furan rings is 1. The highest BCUT2D eigenvalue weighted by molar-refractivity contribution is 6.29. The van der Waals surface area contributed by atoms with Crippen molar-refractivity contribution in [2.45, 2.75) is 0 Å². The molecule has 0 saturated heterocycles. The molecule has 38 heavy (non-hydrogen) atoms. The zero-order valence-electron chi connectivity index (χ0n) is 19.7. The monoisotopic (exact) mass is 489 g/mol. The zero-order chi connectivity index (χ0) is 26.2. The van der Waals surface area contributed by atoms with Gasteiger partial charge in [0.2, 0.25) is 5.71 Å². The molecule has 0 amide bonds. The maximum absolute atomic E-state index is 13.4. The fourth-order valence-corrected chi connectivity index (χ4v) is 4.66. The lowest BCUT2D eigenvalue weighted by Crippen LogP contribution is -2.01. The summed E-state index contributed by atoms with van der Waals surface area (Å²) < 4.78 is 7.96. The molecule has 0 saturated carbocycles. The first-order chi connectivity index (χ1) is 18.6. The van der Waals surface area contributed by atoms with Gasteiger partial charge >= 0.3 is 0 Å². The molecule has 2 heterocycles. The van der Waals surface area contributed by atoms with E-state index >= 15 is 0 Å². The van der Waals surface area contributed by atoms with Gasteiger partial charge in [-0.2, -0.15) is 20.8 Å². The minimum atomic E-state index is -0.281. The molecule has 0 aliphatic heterocycles. The average Bonchev–Trinajstić information content (AvgIpc) is 3.60. The summed E-state index contributed by atoms with van der Waals surface area (Å²) in [6, 6.07) is 31.3. The Hall–Kier alpha value is -5.97. The van der Waals surface area contributed by atoms with E-state index in [1.807, 2.05) is 65.2 Å². The Morgan fingerprint density at radius 3 is 2.24 bits per heavy atom. The van der Waals surface area contributed by atoms with E-state index in [-0.39, 0.29) is 16.9 Å². The Bertz CT molecular complexity index is 1940. The number of nitrogens with zero attached hydrogens (tertiary/aromatic N) is 5. The third-order valence-corrected chi connectivity index (χ3v) is 6.39. The van der Waals surface area contributed by atoms with Gasteiger partial charge in [-0.15, -0.1) is 0 Å². The Morgan fingerprint density at radius 2 is 1.55 bits per heavy atom. The molecule has 3 aromatic carbocycles. The number of allylic oxidation sites excluding steroid dienone is 3. The van der Waals surface area contributed by atoms with Crippen LogP contribution >= 0.6 is 0 Å². The van der Waals surface area contributed by atoms with Crippen LogP contribution in [-0.4, -0.2) is 15.3 Å². The second-order valence-electron chi connectivity index (χ2n) is 8.54. The smallest absolute Gasteiger partial charge is 0.246 e. The number of imidazole rings is 1. The molecule has 0 unspecified atom stereocenters. The number of para-hydroxylation sites is 1. The molecule has 176 valence electrons. The SMILES string of the molecule is N#CC(C#N)=C1/C(=C/c2nc3oc(-c4ccc(C#N)cc4)cc3n2-c2ccccc2)C(=O)c2ccccc21. The van der Waals surface area contributed by atoms with Crippen molar-refractivity contribution in [2.24, 2.45) is 0 Å². The number of hydrogen-bond donors (Lipinski definition) is 0. The predicted molar refractivity (Wildman–Crippen MR) is 140 cm³/mol. The van der Waals surface area contributed by atoms with E-state index in [1.165, 1.54) is 0 Å². The molecule has 1 aliphatic rings. The minimum absolute atomic E-state index is 0.140. The van der Waals surface area contributed by atoms with Crippen molar-refractivity contribution in [3.63, 3.8) is 0 Å². The standard InChI is InChI=1S/C31H15N5O2/c32-16-19-10-12-20(13-11-19)27-15-26-31(38-27)35-28(36(26)22-6-2-1-3-7-22)14-25-29(21(17-33)18-34)23-8-4-5-9-24(23)30(25)37/h1-15H/b25-14-. The van der Waals surface area contributed by atoms with Crippen LogP contribution in [0.4, 0.5) is 0 Å². The third-order valence-electron chi connectivity index (χ3n) is 6.39. The summed E-state index contributed by atoms with van der Waals surface area (Å²) in [6.07, 6.45) is 1.61. The van der Waals surface area contributed by atoms with Crippen molar-refractivity contribution in [1.29, 1.82) is 15.8 Å². The number of fused-ring (bicyclic) bond motifs is 2. The second-order valence-corrected chi connectivity index (χ2v) is 8.54. The molecule has 0 fully saturated rings. The van der Waals surface area contributed by atoms with Crippen LogP contribution in [0, 0.1) is 34.0 Å². The summed E-state index contributed by atoms with van der Waals surface area (Å²) in [5, 5.41) is 28.4. The maximum atomic E-state index is 13.4. The van der Waals surface area contributed by atoms with Gasteiger partial charge in [0.1, 0.15) is 34.8 Å². The number of nitriles is 3. The number of Topliss-reactive ketones (excluding diaryl/α,β-unsaturated/α-hetero) is 1. The van der Waals surface area contributed by atoms with E-state index in [0.29, 0.717) is 45.1 Å². The van der Waals surface area contributed by atoms with Crippen molar-refractivity contribution in [1.82, 2.24) is 9.55 Å². The minimum Gasteiger partial charge on any atom is -0.436 e. The van der Waals surface area contributed by atoms with Crippen molar-refractivity contribution >= 4 is 28.7 Å². The van der Waals surface area contributed by atoms with E-state index in [1.54, 1.807) is 42.5 Å². The molecule has 5 aromatic rings. The second kappa shape index (κ2) is 8.91. The number of carbonyl (C=O) groups is 1. The van der Waals surface area contributed by atoms with Crippen molar-refractivity contribution in [3.8, 4) is 35.2 Å². The number of benzene rings is 3. The first-order valence-electron chi connectivity index (χ1n) is 11.6. The quantitative estimate of drug-likeness (QED) is 0.219. The van der Waals surface area contributed by atoms with Gasteiger partial charge in [-0.25, -0.2) is 0 Å². The molecule has 2 aromatic heterocycles. The number of aromatic nitrogens is 2. The summed E-state index contributed by atoms with van der Waals surface area (Å²) in [6.45, 7) is 0. The van der Waals surface area contributed by atoms with Crippen molar-refractivity contribution in [3.05, 3.63) is 119 Å². The molecule has 0 radical (unpaired) electrons. The lowest BCUT2D eigenvalue weighted by molar-refractivity contribution is 0.104. The highest BCUT2D eigenvalue weighted by Crippen LogP contribution is 2.40. The fraction of sp³-hybridized carbons (Fsp3) is 0. The largest absolute Gasteiger partial charge is 0.436 e. The lowest BCUT2D eigenvalue weighted by atomic mass is 9.99. The van der Waals surface area contributed by atoms with Crippen LogP contribution in [0.2, 0.25) is 0 Å². The van der Waals surface area contributed by atoms with Crippen LogP contribution in [0.25, 0.3) is 39.9 Å². The average molecular weight is 489 g/mol. The summed E-state index contributed by atoms with van der Waals surface area (Å²) >= 11 is 0. The Kier molecular flexibility index (Phi) is 5.28. The van der Waals surface area contributed by atoms with E-state index in [0.717, 1.165) is 11.3 Å². The van der Waals surface area contributed by atoms with Crippen molar-refractivity contribution in [2.75, 3.05) is 0 Å². The van der Waals surface area contributed by atoms with Crippen LogP contribution in [0.1, 0.15) is 27.3 Å². The zero-order valence-corrected chi connectivity index (χ0v) is 19.7. The molecule has 6 rings (SSSR count). The highest BCUT2D eigenvalue weighted by atomic mass is 16.3. The van der Waals surface area contributed by atoms with Gasteiger partial charge in [-0.3, -0.25) is 9.36 Å². The number of rotatable bonds is 3. The molecular weight excluding hydrogens is 474 g/mol. The molecule has 0 atom stereocenters. The van der Waals surface area contributed by atoms with E-state index < -0.39 is 0 Å². The van der Waals surface area contributed by atoms with Gasteiger partial charge < -0.3 is 4.42 Å². The molecular formula is C31H15N5O2. The molecule has 1 aliphatic carbocycles. The fourth-order valence-electron chi connectivity index (χ4n) is 4.66. The summed E-state index contributed by atoms with van der Waals surface area (Å²) in [7, 11) is 0. The first-order valence-corrected chi connectivity index (χ1v) is 11.6. The van der Waals surface area contributed by atoms with E-state index in [9.17, 15) is 15.3 Å². The molecule has 0 spiro atoms. The molecule has 0 N–H and O–H groups in total. The van der Waals surface area contributed by atoms with Gasteiger partial charge in [0.15, 0.2) is 5.78 Å². The first kappa shape index (κ1) is 22.5. The molecule has 7 heteroatoms. The Morgan fingerprint density at radius 1 is 0.868 bits per heavy atom. The summed E-state index contributed by atoms with van der Waals surface area (Å²) in [5.74, 6) is 0.716. The van der Waals surface area contributed by atoms with Crippen LogP contribution in [0.3, 0.4) is 0 Å². The third kappa shape index (κ3) is 3.50. The lowest BCUT2D eigenvalue weighted by Gasteiger charge is -2.07. The van der Waals surface area contributed by atoms with Gasteiger partial charge in [-0.1, -0.05) is 42.5 Å². The summed E-state index contributed by atoms with van der Waals surface area (Å²) in [4.78, 5) is 18.1. The van der Waals surface area contributed by atoms with Crippen LogP contribution in [0.15, 0.2) is 100 Å². The van der Waals surface area contributed by atoms with Gasteiger partial charge in [-0.05, 0) is 48.0 Å².